The van der Waals surface area contributed by atoms with Gasteiger partial charge in [0.25, 0.3) is 0 Å². The summed E-state index contributed by atoms with van der Waals surface area (Å²) in [5, 5.41) is 0. The Balaban J connectivity index is 2.52. The zero-order chi connectivity index (χ0) is 17.0. The lowest BCUT2D eigenvalue weighted by Crippen LogP contribution is -2.19. The van der Waals surface area contributed by atoms with Crippen LogP contribution in [0.1, 0.15) is 52.7 Å². The molecule has 0 spiro atoms. The highest BCUT2D eigenvalue weighted by atomic mass is 32.1. The predicted octanol–water partition coefficient (Wildman–Crippen LogP) is 6.73. The van der Waals surface area contributed by atoms with Gasteiger partial charge in [0.2, 0.25) is 0 Å². The Bertz CT molecular complexity index is 908. The maximum Gasteiger partial charge on any atom is 0.0996 e. The molecule has 0 amide bonds. The van der Waals surface area contributed by atoms with Crippen molar-refractivity contribution < 1.29 is 0 Å². The molecule has 0 bridgehead atoms. The van der Waals surface area contributed by atoms with Crippen molar-refractivity contribution in [2.45, 2.75) is 52.4 Å². The summed E-state index contributed by atoms with van der Waals surface area (Å²) in [5.41, 5.74) is 4.66. The molecule has 0 radical (unpaired) electrons. The first kappa shape index (κ1) is 16.5. The van der Waals surface area contributed by atoms with Crippen molar-refractivity contribution in [3.8, 4) is 10.6 Å². The number of nitrogens with zero attached hydrogens (tertiary/aromatic N) is 1. The summed E-state index contributed by atoms with van der Waals surface area (Å²) in [5.74, 6) is 0. The van der Waals surface area contributed by atoms with Crippen LogP contribution in [-0.2, 0) is 10.8 Å². The van der Waals surface area contributed by atoms with E-state index in [4.69, 9.17) is 17.2 Å². The lowest BCUT2D eigenvalue weighted by Gasteiger charge is -2.28. The molecule has 0 atom stereocenters. The minimum absolute atomic E-state index is 0.0171. The molecular weight excluding hydrogens is 318 g/mol. The number of benzene rings is 2. The van der Waals surface area contributed by atoms with E-state index in [2.05, 4.69) is 65.8 Å². The molecule has 3 rings (SSSR count). The number of hydrogen-bond acceptors (Lipinski definition) is 3. The van der Waals surface area contributed by atoms with E-state index in [-0.39, 0.29) is 10.8 Å². The zero-order valence-corrected chi connectivity index (χ0v) is 16.3. The fraction of sp³-hybridized carbons (Fsp3) is 0.400. The van der Waals surface area contributed by atoms with Crippen LogP contribution in [0.25, 0.3) is 20.8 Å². The second-order valence-electron chi connectivity index (χ2n) is 8.16. The van der Waals surface area contributed by atoms with E-state index in [1.807, 2.05) is 17.4 Å². The normalized spacial score (nSPS) is 13.0. The minimum Gasteiger partial charge on any atom is -0.245 e. The van der Waals surface area contributed by atoms with Crippen LogP contribution < -0.4 is 0 Å². The van der Waals surface area contributed by atoms with Gasteiger partial charge in [-0.1, -0.05) is 72.0 Å². The fourth-order valence-electron chi connectivity index (χ4n) is 2.82. The molecule has 1 aromatic rings. The first-order valence-corrected chi connectivity index (χ1v) is 9.19. The van der Waals surface area contributed by atoms with E-state index in [1.54, 1.807) is 0 Å². The lowest BCUT2D eigenvalue weighted by molar-refractivity contribution is 0.568. The monoisotopic (exact) mass is 341 g/mol. The summed E-state index contributed by atoms with van der Waals surface area (Å²) in [7, 11) is 0. The van der Waals surface area contributed by atoms with Crippen molar-refractivity contribution in [3.63, 3.8) is 0 Å². The van der Waals surface area contributed by atoms with Gasteiger partial charge < -0.3 is 0 Å². The number of para-hydroxylation sites is 1. The Labute approximate surface area is 147 Å². The van der Waals surface area contributed by atoms with Gasteiger partial charge in [-0.05, 0) is 34.1 Å². The van der Waals surface area contributed by atoms with E-state index < -0.39 is 0 Å². The third kappa shape index (κ3) is 2.92. The first-order chi connectivity index (χ1) is 10.6. The largest absolute Gasteiger partial charge is 0.245 e. The molecule has 2 aliphatic rings. The Morgan fingerprint density at radius 1 is 0.913 bits per heavy atom. The van der Waals surface area contributed by atoms with Crippen LogP contribution in [0.15, 0.2) is 30.3 Å². The highest BCUT2D eigenvalue weighted by Crippen LogP contribution is 2.43. The summed E-state index contributed by atoms with van der Waals surface area (Å²) in [6.45, 7) is 13.5. The van der Waals surface area contributed by atoms with Crippen molar-refractivity contribution in [1.29, 1.82) is 0 Å². The predicted molar refractivity (Wildman–Crippen MR) is 104 cm³/mol. The number of aromatic nitrogens is 1. The van der Waals surface area contributed by atoms with Crippen LogP contribution in [0, 0.1) is 4.51 Å². The van der Waals surface area contributed by atoms with E-state index in [1.165, 1.54) is 20.7 Å². The molecule has 1 nitrogen and oxygen atoms in total. The molecule has 0 unspecified atom stereocenters. The Hall–Kier alpha value is -1.32. The van der Waals surface area contributed by atoms with Gasteiger partial charge in [0.15, 0.2) is 0 Å². The summed E-state index contributed by atoms with van der Waals surface area (Å²) >= 11 is 7.64. The van der Waals surface area contributed by atoms with E-state index in [0.717, 1.165) is 15.7 Å². The molecule has 1 aliphatic carbocycles. The van der Waals surface area contributed by atoms with E-state index >= 15 is 0 Å². The van der Waals surface area contributed by atoms with Gasteiger partial charge >= 0.3 is 0 Å². The highest BCUT2D eigenvalue weighted by Gasteiger charge is 2.28. The summed E-state index contributed by atoms with van der Waals surface area (Å²) in [4.78, 5) is 6.16. The highest BCUT2D eigenvalue weighted by molar-refractivity contribution is 7.71. The Morgan fingerprint density at radius 3 is 2.13 bits per heavy atom. The van der Waals surface area contributed by atoms with E-state index in [0.29, 0.717) is 0 Å². The molecular formula is C20H23NS2. The van der Waals surface area contributed by atoms with Gasteiger partial charge in [-0.15, -0.1) is 11.3 Å². The molecule has 0 fully saturated rings. The van der Waals surface area contributed by atoms with Gasteiger partial charge in [0, 0.05) is 0 Å². The zero-order valence-electron chi connectivity index (χ0n) is 14.7. The lowest BCUT2D eigenvalue weighted by atomic mass is 9.79. The summed E-state index contributed by atoms with van der Waals surface area (Å²) in [6.07, 6.45) is 0. The molecule has 0 saturated heterocycles. The van der Waals surface area contributed by atoms with Crippen LogP contribution in [0.4, 0.5) is 0 Å². The van der Waals surface area contributed by atoms with Gasteiger partial charge in [-0.2, -0.15) is 0 Å². The number of rotatable bonds is 0. The molecule has 1 aromatic carbocycles. The standard InChI is InChI=1S/C20H23NS2/c1-19(2,3)12-11-13(20(4,5)6)18-16(17(12)22)21-14-9-7-8-10-15(14)23-18/h7-11H,1-6H3. The SMILES string of the molecule is CC(C)(C)c1cc(C(C)(C)C)c(=S)c2nc3ccccc3sc1-2. The van der Waals surface area contributed by atoms with Crippen molar-refractivity contribution in [2.24, 2.45) is 0 Å². The second kappa shape index (κ2) is 5.35. The van der Waals surface area contributed by atoms with Crippen LogP contribution in [0.3, 0.4) is 0 Å². The molecule has 120 valence electrons. The Morgan fingerprint density at radius 2 is 1.52 bits per heavy atom. The third-order valence-corrected chi connectivity index (χ3v) is 5.73. The topological polar surface area (TPSA) is 12.9 Å². The average Bonchev–Trinajstić information content (AvgIpc) is 2.43. The molecule has 1 heterocycles. The molecule has 23 heavy (non-hydrogen) atoms. The molecule has 3 heteroatoms. The fourth-order valence-corrected chi connectivity index (χ4v) is 4.70. The van der Waals surface area contributed by atoms with Gasteiger partial charge in [-0.3, -0.25) is 0 Å². The van der Waals surface area contributed by atoms with Gasteiger partial charge in [0.1, 0.15) is 0 Å². The van der Waals surface area contributed by atoms with Crippen LogP contribution >= 0.6 is 23.6 Å². The smallest absolute Gasteiger partial charge is 0.0996 e. The summed E-state index contributed by atoms with van der Waals surface area (Å²) in [6, 6.07) is 10.6. The van der Waals surface area contributed by atoms with Crippen LogP contribution in [0.2, 0.25) is 0 Å². The minimum atomic E-state index is 0.0171. The maximum absolute atomic E-state index is 5.83. The van der Waals surface area contributed by atoms with Crippen LogP contribution in [-0.4, -0.2) is 4.98 Å². The molecule has 1 aliphatic heterocycles. The first-order valence-electron chi connectivity index (χ1n) is 7.96. The van der Waals surface area contributed by atoms with Crippen LogP contribution in [0.5, 0.6) is 0 Å². The van der Waals surface area contributed by atoms with E-state index in [9.17, 15) is 0 Å². The Kier molecular flexibility index (Phi) is 3.85. The average molecular weight is 342 g/mol. The number of hydrogen-bond donors (Lipinski definition) is 0. The van der Waals surface area contributed by atoms with Gasteiger partial charge in [0.05, 0.1) is 25.3 Å². The molecule has 0 saturated carbocycles. The van der Waals surface area contributed by atoms with Gasteiger partial charge in [-0.25, -0.2) is 4.98 Å². The van der Waals surface area contributed by atoms with Crippen molar-refractivity contribution in [2.75, 3.05) is 0 Å². The summed E-state index contributed by atoms with van der Waals surface area (Å²) < 4.78 is 2.12. The second-order valence-corrected chi connectivity index (χ2v) is 9.62. The third-order valence-electron chi connectivity index (χ3n) is 4.13. The quantitative estimate of drug-likeness (QED) is 0.332. The van der Waals surface area contributed by atoms with Crippen molar-refractivity contribution in [1.82, 2.24) is 4.98 Å². The van der Waals surface area contributed by atoms with Crippen molar-refractivity contribution >= 4 is 33.8 Å². The maximum atomic E-state index is 5.83. The molecule has 0 N–H and O–H groups in total. The molecule has 0 aromatic heterocycles. The number of fused-ring (bicyclic) bond motifs is 2. The van der Waals surface area contributed by atoms with Crippen molar-refractivity contribution in [3.05, 3.63) is 46.0 Å².